The van der Waals surface area contributed by atoms with Crippen molar-refractivity contribution in [3.05, 3.63) is 48.4 Å². The highest BCUT2D eigenvalue weighted by atomic mass is 19.1. The molecule has 6 nitrogen and oxygen atoms in total. The van der Waals surface area contributed by atoms with Gasteiger partial charge in [-0.1, -0.05) is 12.1 Å². The first-order valence-electron chi connectivity index (χ1n) is 9.18. The Balaban J connectivity index is 1.40. The molecule has 2 aliphatic heterocycles. The Bertz CT molecular complexity index is 849. The molecule has 4 rings (SSSR count). The summed E-state index contributed by atoms with van der Waals surface area (Å²) < 4.78 is 13.9. The summed E-state index contributed by atoms with van der Waals surface area (Å²) in [6.07, 6.45) is 4.19. The largest absolute Gasteiger partial charge is 0.370 e. The van der Waals surface area contributed by atoms with E-state index in [1.54, 1.807) is 30.5 Å². The van der Waals surface area contributed by atoms with Crippen molar-refractivity contribution in [2.45, 2.75) is 19.3 Å². The molecule has 7 heteroatoms. The monoisotopic (exact) mass is 368 g/mol. The summed E-state index contributed by atoms with van der Waals surface area (Å²) in [4.78, 5) is 32.7. The molecule has 0 radical (unpaired) electrons. The standard InChI is InChI=1S/C20H21FN4O2/c21-16-5-1-2-6-17(16)25-13-14(11-19(25)26)20(27)23-18-8-7-15(12-22-18)24-9-3-4-10-24/h1-2,5-8,12,14H,3-4,9-11,13H2,(H,22,23,27). The van der Waals surface area contributed by atoms with Gasteiger partial charge in [-0.25, -0.2) is 9.37 Å². The third kappa shape index (κ3) is 3.63. The maximum atomic E-state index is 13.9. The number of rotatable bonds is 4. The van der Waals surface area contributed by atoms with Crippen molar-refractivity contribution in [3.8, 4) is 0 Å². The Morgan fingerprint density at radius 1 is 1.15 bits per heavy atom. The number of nitrogens with one attached hydrogen (secondary N) is 1. The van der Waals surface area contributed by atoms with Crippen molar-refractivity contribution in [2.75, 3.05) is 34.8 Å². The van der Waals surface area contributed by atoms with Gasteiger partial charge in [-0.3, -0.25) is 9.59 Å². The van der Waals surface area contributed by atoms with Gasteiger partial charge in [0.1, 0.15) is 11.6 Å². The fraction of sp³-hybridized carbons (Fsp3) is 0.350. The average Bonchev–Trinajstić information content (AvgIpc) is 3.33. The van der Waals surface area contributed by atoms with Gasteiger partial charge >= 0.3 is 0 Å². The predicted molar refractivity (Wildman–Crippen MR) is 101 cm³/mol. The zero-order chi connectivity index (χ0) is 18.8. The molecule has 0 saturated carbocycles. The van der Waals surface area contributed by atoms with Gasteiger partial charge in [-0.2, -0.15) is 0 Å². The SMILES string of the molecule is O=C(Nc1ccc(N2CCCC2)cn1)C1CC(=O)N(c2ccccc2F)C1. The van der Waals surface area contributed by atoms with Crippen LogP contribution in [-0.4, -0.2) is 36.4 Å². The van der Waals surface area contributed by atoms with Crippen molar-refractivity contribution in [2.24, 2.45) is 5.92 Å². The summed E-state index contributed by atoms with van der Waals surface area (Å²) in [6, 6.07) is 9.82. The number of halogens is 1. The summed E-state index contributed by atoms with van der Waals surface area (Å²) >= 11 is 0. The Labute approximate surface area is 157 Å². The Morgan fingerprint density at radius 3 is 2.63 bits per heavy atom. The molecular formula is C20H21FN4O2. The van der Waals surface area contributed by atoms with Crippen molar-refractivity contribution < 1.29 is 14.0 Å². The van der Waals surface area contributed by atoms with E-state index in [4.69, 9.17) is 0 Å². The van der Waals surface area contributed by atoms with E-state index in [2.05, 4.69) is 15.2 Å². The van der Waals surface area contributed by atoms with E-state index in [1.807, 2.05) is 6.07 Å². The second-order valence-corrected chi connectivity index (χ2v) is 6.94. The quantitative estimate of drug-likeness (QED) is 0.901. The maximum Gasteiger partial charge on any atom is 0.230 e. The molecule has 1 N–H and O–H groups in total. The molecule has 2 amide bonds. The van der Waals surface area contributed by atoms with Crippen LogP contribution < -0.4 is 15.1 Å². The Morgan fingerprint density at radius 2 is 1.93 bits per heavy atom. The lowest BCUT2D eigenvalue weighted by Gasteiger charge is -2.18. The summed E-state index contributed by atoms with van der Waals surface area (Å²) in [7, 11) is 0. The Kier molecular flexibility index (Phi) is 4.75. The minimum Gasteiger partial charge on any atom is -0.370 e. The van der Waals surface area contributed by atoms with Crippen LogP contribution in [0.3, 0.4) is 0 Å². The normalized spacial score (nSPS) is 19.6. The number of carbonyl (C=O) groups is 2. The molecule has 2 saturated heterocycles. The van der Waals surface area contributed by atoms with Crippen LogP contribution in [0, 0.1) is 11.7 Å². The van der Waals surface area contributed by atoms with E-state index in [9.17, 15) is 14.0 Å². The number of anilines is 3. The number of aromatic nitrogens is 1. The zero-order valence-electron chi connectivity index (χ0n) is 14.9. The van der Waals surface area contributed by atoms with Crippen molar-refractivity contribution in [3.63, 3.8) is 0 Å². The van der Waals surface area contributed by atoms with E-state index in [0.717, 1.165) is 18.8 Å². The van der Waals surface area contributed by atoms with E-state index in [0.29, 0.717) is 5.82 Å². The smallest absolute Gasteiger partial charge is 0.230 e. The van der Waals surface area contributed by atoms with E-state index in [1.165, 1.54) is 23.8 Å². The van der Waals surface area contributed by atoms with Gasteiger partial charge in [0.05, 0.1) is 23.5 Å². The predicted octanol–water partition coefficient (Wildman–Crippen LogP) is 2.81. The van der Waals surface area contributed by atoms with Crippen LogP contribution in [0.5, 0.6) is 0 Å². The van der Waals surface area contributed by atoms with Crippen LogP contribution in [0.2, 0.25) is 0 Å². The minimum absolute atomic E-state index is 0.0615. The number of hydrogen-bond donors (Lipinski definition) is 1. The lowest BCUT2D eigenvalue weighted by atomic mass is 10.1. The van der Waals surface area contributed by atoms with Gasteiger partial charge in [0.15, 0.2) is 0 Å². The second-order valence-electron chi connectivity index (χ2n) is 6.94. The van der Waals surface area contributed by atoms with Crippen LogP contribution in [0.4, 0.5) is 21.6 Å². The highest BCUT2D eigenvalue weighted by Gasteiger charge is 2.36. The topological polar surface area (TPSA) is 65.5 Å². The van der Waals surface area contributed by atoms with Gasteiger partial charge < -0.3 is 15.1 Å². The molecule has 1 aromatic heterocycles. The third-order valence-corrected chi connectivity index (χ3v) is 5.11. The molecule has 1 atom stereocenters. The van der Waals surface area contributed by atoms with E-state index in [-0.39, 0.29) is 30.5 Å². The number of para-hydroxylation sites is 1. The van der Waals surface area contributed by atoms with Crippen molar-refractivity contribution in [1.82, 2.24) is 4.98 Å². The molecule has 2 aliphatic rings. The van der Waals surface area contributed by atoms with Crippen molar-refractivity contribution in [1.29, 1.82) is 0 Å². The van der Waals surface area contributed by atoms with Gasteiger partial charge in [0.2, 0.25) is 11.8 Å². The van der Waals surface area contributed by atoms with Crippen molar-refractivity contribution >= 4 is 29.0 Å². The first-order chi connectivity index (χ1) is 13.1. The molecule has 0 spiro atoms. The number of amides is 2. The summed E-state index contributed by atoms with van der Waals surface area (Å²) in [5.41, 5.74) is 1.26. The van der Waals surface area contributed by atoms with Gasteiger partial charge in [-0.05, 0) is 37.1 Å². The number of nitrogens with zero attached hydrogens (tertiary/aromatic N) is 3. The van der Waals surface area contributed by atoms with E-state index < -0.39 is 11.7 Å². The molecular weight excluding hydrogens is 347 g/mol. The van der Waals surface area contributed by atoms with Gasteiger partial charge in [0, 0.05) is 26.1 Å². The molecule has 1 aromatic carbocycles. The summed E-state index contributed by atoms with van der Waals surface area (Å²) in [5.74, 6) is -1.07. The highest BCUT2D eigenvalue weighted by molar-refractivity contribution is 6.03. The number of hydrogen-bond acceptors (Lipinski definition) is 4. The van der Waals surface area contributed by atoms with Gasteiger partial charge in [-0.15, -0.1) is 0 Å². The van der Waals surface area contributed by atoms with E-state index >= 15 is 0 Å². The van der Waals surface area contributed by atoms with Crippen LogP contribution in [0.15, 0.2) is 42.6 Å². The summed E-state index contributed by atoms with van der Waals surface area (Å²) in [5, 5.41) is 2.77. The second kappa shape index (κ2) is 7.34. The van der Waals surface area contributed by atoms with Crippen LogP contribution in [0.25, 0.3) is 0 Å². The van der Waals surface area contributed by atoms with Crippen LogP contribution >= 0.6 is 0 Å². The third-order valence-electron chi connectivity index (χ3n) is 5.11. The van der Waals surface area contributed by atoms with Crippen LogP contribution in [-0.2, 0) is 9.59 Å². The first kappa shape index (κ1) is 17.5. The fourth-order valence-electron chi connectivity index (χ4n) is 3.64. The maximum absolute atomic E-state index is 13.9. The lowest BCUT2D eigenvalue weighted by molar-refractivity contribution is -0.122. The molecule has 2 aromatic rings. The summed E-state index contributed by atoms with van der Waals surface area (Å²) in [6.45, 7) is 2.23. The average molecular weight is 368 g/mol. The molecule has 140 valence electrons. The molecule has 3 heterocycles. The number of pyridine rings is 1. The Hall–Kier alpha value is -2.96. The fourth-order valence-corrected chi connectivity index (χ4v) is 3.64. The molecule has 0 bridgehead atoms. The molecule has 1 unspecified atom stereocenters. The lowest BCUT2D eigenvalue weighted by Crippen LogP contribution is -2.28. The number of benzene rings is 1. The number of carbonyl (C=O) groups excluding carboxylic acids is 2. The first-order valence-corrected chi connectivity index (χ1v) is 9.18. The molecule has 27 heavy (non-hydrogen) atoms. The minimum atomic E-state index is -0.530. The highest BCUT2D eigenvalue weighted by Crippen LogP contribution is 2.28. The molecule has 0 aliphatic carbocycles. The van der Waals surface area contributed by atoms with Gasteiger partial charge in [0.25, 0.3) is 0 Å². The zero-order valence-corrected chi connectivity index (χ0v) is 14.9. The molecule has 2 fully saturated rings. The van der Waals surface area contributed by atoms with Crippen LogP contribution in [0.1, 0.15) is 19.3 Å².